The van der Waals surface area contributed by atoms with Crippen molar-refractivity contribution in [2.24, 2.45) is 5.92 Å². The summed E-state index contributed by atoms with van der Waals surface area (Å²) in [6.45, 7) is 3.49. The summed E-state index contributed by atoms with van der Waals surface area (Å²) in [6, 6.07) is 4.08. The molecule has 1 aromatic rings. The summed E-state index contributed by atoms with van der Waals surface area (Å²) in [5.74, 6) is -0.177. The molecule has 0 saturated heterocycles. The topological polar surface area (TPSA) is 58.2 Å². The van der Waals surface area contributed by atoms with E-state index in [1.165, 1.54) is 37.8 Å². The van der Waals surface area contributed by atoms with Gasteiger partial charge in [0.1, 0.15) is 5.82 Å². The first-order valence-electron chi connectivity index (χ1n) is 8.81. The molecule has 1 saturated carbocycles. The second-order valence-electron chi connectivity index (χ2n) is 7.26. The fourth-order valence-corrected chi connectivity index (χ4v) is 3.76. The lowest BCUT2D eigenvalue weighted by Gasteiger charge is -2.28. The molecule has 4 nitrogen and oxygen atoms in total. The van der Waals surface area contributed by atoms with Crippen LogP contribution in [0.1, 0.15) is 57.9 Å². The number of carbonyl (C=O) groups excluding carboxylic acids is 2. The zero-order valence-electron chi connectivity index (χ0n) is 14.8. The average Bonchev–Trinajstić information content (AvgIpc) is 3.03. The van der Waals surface area contributed by atoms with Crippen LogP contribution in [0.15, 0.2) is 18.2 Å². The number of carbonyl (C=O) groups is 2. The van der Waals surface area contributed by atoms with Crippen LogP contribution in [0.5, 0.6) is 0 Å². The molecule has 0 aliphatic heterocycles. The first kappa shape index (κ1) is 19.7. The van der Waals surface area contributed by atoms with Gasteiger partial charge in [-0.15, -0.1) is 0 Å². The van der Waals surface area contributed by atoms with Crippen molar-refractivity contribution in [1.29, 1.82) is 0 Å². The van der Waals surface area contributed by atoms with E-state index < -0.39 is 11.4 Å². The van der Waals surface area contributed by atoms with Crippen LogP contribution in [0, 0.1) is 11.7 Å². The summed E-state index contributed by atoms with van der Waals surface area (Å²) in [7, 11) is 0. The molecule has 0 atom stereocenters. The third-order valence-corrected chi connectivity index (χ3v) is 5.07. The molecule has 0 radical (unpaired) electrons. The smallest absolute Gasteiger partial charge is 0.240 e. The molecule has 2 amide bonds. The van der Waals surface area contributed by atoms with Crippen LogP contribution in [-0.2, 0) is 15.1 Å². The molecule has 2 rings (SSSR count). The molecule has 1 fully saturated rings. The minimum atomic E-state index is -0.767. The first-order valence-corrected chi connectivity index (χ1v) is 9.19. The van der Waals surface area contributed by atoms with Gasteiger partial charge in [-0.2, -0.15) is 0 Å². The van der Waals surface area contributed by atoms with E-state index in [9.17, 15) is 14.0 Å². The summed E-state index contributed by atoms with van der Waals surface area (Å²) < 4.78 is 13.2. The number of rotatable bonds is 7. The molecule has 1 aromatic carbocycles. The van der Waals surface area contributed by atoms with Gasteiger partial charge in [0.2, 0.25) is 11.8 Å². The summed E-state index contributed by atoms with van der Waals surface area (Å²) in [6.07, 6.45) is 6.29. The maximum absolute atomic E-state index is 13.2. The molecule has 6 heteroatoms. The van der Waals surface area contributed by atoms with Crippen molar-refractivity contribution in [3.63, 3.8) is 0 Å². The number of hydrogen-bond donors (Lipinski definition) is 2. The monoisotopic (exact) mass is 368 g/mol. The number of nitrogens with one attached hydrogen (secondary N) is 2. The Kier molecular flexibility index (Phi) is 6.82. The van der Waals surface area contributed by atoms with Gasteiger partial charge in [0.25, 0.3) is 0 Å². The zero-order valence-corrected chi connectivity index (χ0v) is 15.6. The zero-order chi connectivity index (χ0) is 18.4. The van der Waals surface area contributed by atoms with Crippen molar-refractivity contribution in [2.75, 3.05) is 6.54 Å². The summed E-state index contributed by atoms with van der Waals surface area (Å²) in [5, 5.41) is 5.74. The maximum Gasteiger partial charge on any atom is 0.240 e. The normalized spacial score (nSPS) is 15.2. The minimum Gasteiger partial charge on any atom is -0.347 e. The van der Waals surface area contributed by atoms with E-state index in [2.05, 4.69) is 10.6 Å². The van der Waals surface area contributed by atoms with Crippen molar-refractivity contribution >= 4 is 23.4 Å². The Hall–Kier alpha value is -1.62. The maximum atomic E-state index is 13.2. The lowest BCUT2D eigenvalue weighted by Crippen LogP contribution is -2.46. The van der Waals surface area contributed by atoms with E-state index >= 15 is 0 Å². The molecular formula is C19H26ClFN2O2. The highest BCUT2D eigenvalue weighted by molar-refractivity contribution is 6.31. The molecule has 1 aliphatic carbocycles. The first-order chi connectivity index (χ1) is 11.8. The van der Waals surface area contributed by atoms with Crippen molar-refractivity contribution in [2.45, 2.75) is 57.9 Å². The van der Waals surface area contributed by atoms with E-state index in [-0.39, 0.29) is 23.4 Å². The van der Waals surface area contributed by atoms with E-state index in [1.807, 2.05) is 0 Å². The number of hydrogen-bond acceptors (Lipinski definition) is 2. The molecule has 0 bridgehead atoms. The molecule has 138 valence electrons. The fourth-order valence-electron chi connectivity index (χ4n) is 3.36. The second kappa shape index (κ2) is 8.65. The van der Waals surface area contributed by atoms with E-state index in [1.54, 1.807) is 19.9 Å². The lowest BCUT2D eigenvalue weighted by atomic mass is 9.94. The van der Waals surface area contributed by atoms with Gasteiger partial charge in [-0.25, -0.2) is 4.39 Å². The SMILES string of the molecule is CC(C)(NC(=O)CNC(=O)CCC1CCCC1)c1ccc(F)cc1Cl. The van der Waals surface area contributed by atoms with Crippen molar-refractivity contribution < 1.29 is 14.0 Å². The molecule has 25 heavy (non-hydrogen) atoms. The third kappa shape index (κ3) is 5.99. The fraction of sp³-hybridized carbons (Fsp3) is 0.579. The van der Waals surface area contributed by atoms with Gasteiger partial charge in [-0.05, 0) is 43.9 Å². The van der Waals surface area contributed by atoms with Crippen LogP contribution in [0.2, 0.25) is 5.02 Å². The van der Waals surface area contributed by atoms with Crippen LogP contribution in [-0.4, -0.2) is 18.4 Å². The predicted molar refractivity (Wildman–Crippen MR) is 96.8 cm³/mol. The van der Waals surface area contributed by atoms with Crippen LogP contribution in [0.3, 0.4) is 0 Å². The Balaban J connectivity index is 1.79. The highest BCUT2D eigenvalue weighted by Crippen LogP contribution is 2.29. The Morgan fingerprint density at radius 3 is 2.56 bits per heavy atom. The lowest BCUT2D eigenvalue weighted by molar-refractivity contribution is -0.127. The molecule has 0 heterocycles. The van der Waals surface area contributed by atoms with Gasteiger partial charge in [0, 0.05) is 11.4 Å². The van der Waals surface area contributed by atoms with Gasteiger partial charge in [-0.3, -0.25) is 9.59 Å². The highest BCUT2D eigenvalue weighted by Gasteiger charge is 2.25. The van der Waals surface area contributed by atoms with Crippen LogP contribution >= 0.6 is 11.6 Å². The van der Waals surface area contributed by atoms with Crippen LogP contribution < -0.4 is 10.6 Å². The van der Waals surface area contributed by atoms with E-state index in [4.69, 9.17) is 11.6 Å². The summed E-state index contributed by atoms with van der Waals surface area (Å²) >= 11 is 6.07. The van der Waals surface area contributed by atoms with Gasteiger partial charge >= 0.3 is 0 Å². The quantitative estimate of drug-likeness (QED) is 0.766. The molecule has 2 N–H and O–H groups in total. The van der Waals surface area contributed by atoms with Crippen LogP contribution in [0.25, 0.3) is 0 Å². The van der Waals surface area contributed by atoms with Crippen molar-refractivity contribution in [3.8, 4) is 0 Å². The molecule has 1 aliphatic rings. The van der Waals surface area contributed by atoms with Gasteiger partial charge in [-0.1, -0.05) is 43.4 Å². The molecule has 0 unspecified atom stereocenters. The van der Waals surface area contributed by atoms with Gasteiger partial charge in [0.05, 0.1) is 12.1 Å². The average molecular weight is 369 g/mol. The summed E-state index contributed by atoms with van der Waals surface area (Å²) in [5.41, 5.74) is -0.146. The standard InChI is InChI=1S/C19H26ClFN2O2/c1-19(2,15-9-8-14(21)11-16(15)20)23-18(25)12-22-17(24)10-7-13-5-3-4-6-13/h8-9,11,13H,3-7,10,12H2,1-2H3,(H,22,24)(H,23,25). The van der Waals surface area contributed by atoms with E-state index in [0.29, 0.717) is 17.9 Å². The molecular weight excluding hydrogens is 343 g/mol. The van der Waals surface area contributed by atoms with Crippen LogP contribution in [0.4, 0.5) is 4.39 Å². The Morgan fingerprint density at radius 1 is 1.24 bits per heavy atom. The molecule has 0 spiro atoms. The van der Waals surface area contributed by atoms with E-state index in [0.717, 1.165) is 6.42 Å². The largest absolute Gasteiger partial charge is 0.347 e. The summed E-state index contributed by atoms with van der Waals surface area (Å²) in [4.78, 5) is 24.0. The third-order valence-electron chi connectivity index (χ3n) is 4.76. The van der Waals surface area contributed by atoms with Gasteiger partial charge in [0.15, 0.2) is 0 Å². The van der Waals surface area contributed by atoms with Crippen molar-refractivity contribution in [1.82, 2.24) is 10.6 Å². The second-order valence-corrected chi connectivity index (χ2v) is 7.67. The van der Waals surface area contributed by atoms with Gasteiger partial charge < -0.3 is 10.6 Å². The highest BCUT2D eigenvalue weighted by atomic mass is 35.5. The Labute approximate surface area is 153 Å². The van der Waals surface area contributed by atoms with Crippen molar-refractivity contribution in [3.05, 3.63) is 34.6 Å². The predicted octanol–water partition coefficient (Wildman–Crippen LogP) is 3.92. The number of benzene rings is 1. The molecule has 0 aromatic heterocycles. The Bertz CT molecular complexity index is 628. The number of amides is 2. The Morgan fingerprint density at radius 2 is 1.92 bits per heavy atom. The number of halogens is 2. The minimum absolute atomic E-state index is 0.0776.